The fourth-order valence-electron chi connectivity index (χ4n) is 1.83. The van der Waals surface area contributed by atoms with Crippen LogP contribution in [0, 0.1) is 0 Å². The van der Waals surface area contributed by atoms with E-state index in [1.165, 1.54) is 11.3 Å². The lowest BCUT2D eigenvalue weighted by Gasteiger charge is -2.04. The van der Waals surface area contributed by atoms with Gasteiger partial charge in [-0.25, -0.2) is 0 Å². The largest absolute Gasteiger partial charge is 0.302 e. The molecule has 2 rings (SSSR count). The van der Waals surface area contributed by atoms with E-state index in [4.69, 9.17) is 34.8 Å². The highest BCUT2D eigenvalue weighted by Crippen LogP contribution is 2.31. The Balaban J connectivity index is 0. The second-order valence-electron chi connectivity index (χ2n) is 4.97. The monoisotopic (exact) mass is 497 g/mol. The fraction of sp³-hybridized carbons (Fsp3) is 0.524. The van der Waals surface area contributed by atoms with Gasteiger partial charge in [0, 0.05) is 17.3 Å². The molecule has 0 N–H and O–H groups in total. The second-order valence-corrected chi connectivity index (χ2v) is 8.95. The normalized spacial score (nSPS) is 11.6. The Bertz CT molecular complexity index is 704. The molecule has 0 fully saturated rings. The highest BCUT2D eigenvalue weighted by molar-refractivity contribution is 7.99. The number of nitrogens with zero attached hydrogens (tertiary/aromatic N) is 3. The molecule has 1 unspecified atom stereocenters. The first-order valence-corrected chi connectivity index (χ1v) is 12.8. The van der Waals surface area contributed by atoms with Crippen LogP contribution in [0.25, 0.3) is 10.7 Å². The molecular weight excluding hydrogens is 465 g/mol. The maximum atomic E-state index is 5.96. The Hall–Kier alpha value is -0.460. The zero-order valence-corrected chi connectivity index (χ0v) is 22.6. The standard InChI is InChI=1S/C12H14ClN3S2.C5H8Cl2.2C2H6/c1-3-5-8-17-12-15-14-11(16(12)4-2)9-6-7-10(13)18-9;1-4(6)3-5(2)7;2*1-2/h3,5-7H,4,8H2,1-2H3;3-4H,1-2H3;2*1-2H3/b2*5-3+;;. The quantitative estimate of drug-likeness (QED) is 0.226. The van der Waals surface area contributed by atoms with E-state index in [0.717, 1.165) is 37.5 Å². The number of hydrogen-bond donors (Lipinski definition) is 0. The molecule has 2 aromatic heterocycles. The molecule has 0 aliphatic heterocycles. The lowest BCUT2D eigenvalue weighted by atomic mass is 10.4. The van der Waals surface area contributed by atoms with Crippen molar-refractivity contribution in [3.05, 3.63) is 39.7 Å². The Morgan fingerprint density at radius 3 is 2.24 bits per heavy atom. The van der Waals surface area contributed by atoms with E-state index in [-0.39, 0.29) is 5.38 Å². The molecule has 2 heterocycles. The lowest BCUT2D eigenvalue weighted by molar-refractivity contribution is 0.688. The fourth-order valence-corrected chi connectivity index (χ4v) is 4.22. The van der Waals surface area contributed by atoms with Crippen molar-refractivity contribution >= 4 is 57.9 Å². The van der Waals surface area contributed by atoms with Crippen molar-refractivity contribution in [1.29, 1.82) is 0 Å². The summed E-state index contributed by atoms with van der Waals surface area (Å²) in [4.78, 5) is 1.06. The topological polar surface area (TPSA) is 30.7 Å². The van der Waals surface area contributed by atoms with Gasteiger partial charge in [-0.1, -0.05) is 80.9 Å². The van der Waals surface area contributed by atoms with Gasteiger partial charge in [-0.05, 0) is 39.8 Å². The molecule has 0 aliphatic carbocycles. The number of hydrogen-bond acceptors (Lipinski definition) is 4. The van der Waals surface area contributed by atoms with Crippen LogP contribution in [0.5, 0.6) is 0 Å². The SMILES string of the molecule is C/C(Cl)=C\C(C)Cl.C/C=C/CSc1nnc(-c2ccc(Cl)s2)n1CC.CC.CC. The molecule has 3 nitrogen and oxygen atoms in total. The Morgan fingerprint density at radius 2 is 1.86 bits per heavy atom. The summed E-state index contributed by atoms with van der Waals surface area (Å²) in [5.74, 6) is 1.82. The van der Waals surface area contributed by atoms with Gasteiger partial charge in [0.25, 0.3) is 0 Å². The summed E-state index contributed by atoms with van der Waals surface area (Å²) >= 11 is 20.1. The summed E-state index contributed by atoms with van der Waals surface area (Å²) in [7, 11) is 0. The van der Waals surface area contributed by atoms with Crippen LogP contribution in [-0.4, -0.2) is 25.9 Å². The van der Waals surface area contributed by atoms with Gasteiger partial charge in [-0.15, -0.1) is 33.1 Å². The Morgan fingerprint density at radius 1 is 1.24 bits per heavy atom. The zero-order valence-electron chi connectivity index (χ0n) is 18.7. The van der Waals surface area contributed by atoms with E-state index in [1.807, 2.05) is 59.8 Å². The van der Waals surface area contributed by atoms with Gasteiger partial charge in [0.1, 0.15) is 0 Å². The number of rotatable bonds is 6. The van der Waals surface area contributed by atoms with E-state index in [1.54, 1.807) is 24.8 Å². The highest BCUT2D eigenvalue weighted by Gasteiger charge is 2.14. The minimum Gasteiger partial charge on any atom is -0.302 e. The molecule has 0 saturated carbocycles. The minimum atomic E-state index is 0.0532. The van der Waals surface area contributed by atoms with Gasteiger partial charge in [0.15, 0.2) is 11.0 Å². The maximum Gasteiger partial charge on any atom is 0.191 e. The molecule has 0 amide bonds. The second kappa shape index (κ2) is 19.5. The molecular formula is C21H34Cl3N3S2. The maximum absolute atomic E-state index is 5.96. The number of thiophene rings is 1. The molecule has 0 aromatic carbocycles. The summed E-state index contributed by atoms with van der Waals surface area (Å²) in [5.41, 5.74) is 0. The predicted molar refractivity (Wildman–Crippen MR) is 137 cm³/mol. The van der Waals surface area contributed by atoms with Crippen LogP contribution < -0.4 is 0 Å². The van der Waals surface area contributed by atoms with Crippen LogP contribution in [0.2, 0.25) is 4.34 Å². The van der Waals surface area contributed by atoms with Gasteiger partial charge in [-0.2, -0.15) is 0 Å². The molecule has 29 heavy (non-hydrogen) atoms. The van der Waals surface area contributed by atoms with E-state index in [2.05, 4.69) is 27.8 Å². The molecule has 166 valence electrons. The number of thioether (sulfide) groups is 1. The summed E-state index contributed by atoms with van der Waals surface area (Å²) in [5, 5.41) is 10.3. The Labute approximate surface area is 200 Å². The zero-order chi connectivity index (χ0) is 22.8. The van der Waals surface area contributed by atoms with E-state index in [9.17, 15) is 0 Å². The van der Waals surface area contributed by atoms with Crippen molar-refractivity contribution < 1.29 is 0 Å². The molecule has 0 radical (unpaired) electrons. The first-order valence-electron chi connectivity index (χ1n) is 9.79. The summed E-state index contributed by atoms with van der Waals surface area (Å²) in [6.07, 6.45) is 5.93. The predicted octanol–water partition coefficient (Wildman–Crippen LogP) is 9.16. The van der Waals surface area contributed by atoms with Crippen molar-refractivity contribution in [3.8, 4) is 10.7 Å². The van der Waals surface area contributed by atoms with Crippen LogP contribution in [0.4, 0.5) is 0 Å². The number of allylic oxidation sites excluding steroid dienone is 3. The molecule has 8 heteroatoms. The molecule has 0 saturated heterocycles. The first-order chi connectivity index (χ1) is 13.9. The molecule has 0 bridgehead atoms. The third kappa shape index (κ3) is 13.5. The van der Waals surface area contributed by atoms with Crippen molar-refractivity contribution in [2.75, 3.05) is 5.75 Å². The van der Waals surface area contributed by atoms with Crippen LogP contribution in [-0.2, 0) is 6.54 Å². The van der Waals surface area contributed by atoms with Gasteiger partial charge in [0.2, 0.25) is 0 Å². The van der Waals surface area contributed by atoms with E-state index < -0.39 is 0 Å². The molecule has 2 aromatic rings. The van der Waals surface area contributed by atoms with Crippen LogP contribution in [0.1, 0.15) is 55.4 Å². The number of alkyl halides is 1. The lowest BCUT2D eigenvalue weighted by Crippen LogP contribution is -1.98. The first kappa shape index (κ1) is 30.7. The van der Waals surface area contributed by atoms with Crippen LogP contribution in [0.15, 0.2) is 40.5 Å². The summed E-state index contributed by atoms with van der Waals surface area (Å²) in [6.45, 7) is 16.6. The van der Waals surface area contributed by atoms with Crippen LogP contribution in [0.3, 0.4) is 0 Å². The summed E-state index contributed by atoms with van der Waals surface area (Å²) in [6, 6.07) is 3.88. The van der Waals surface area contributed by atoms with Crippen molar-refractivity contribution in [2.24, 2.45) is 0 Å². The van der Waals surface area contributed by atoms with Gasteiger partial charge < -0.3 is 4.57 Å². The minimum absolute atomic E-state index is 0.0532. The molecule has 1 atom stereocenters. The van der Waals surface area contributed by atoms with Gasteiger partial charge in [-0.3, -0.25) is 0 Å². The molecule has 0 aliphatic rings. The third-order valence-corrected chi connectivity index (χ3v) is 5.23. The average molecular weight is 499 g/mol. The van der Waals surface area contributed by atoms with Gasteiger partial charge in [0.05, 0.1) is 14.6 Å². The van der Waals surface area contributed by atoms with Crippen molar-refractivity contribution in [1.82, 2.24) is 14.8 Å². The average Bonchev–Trinajstić information content (AvgIpc) is 3.30. The Kier molecular flexibility index (Phi) is 20.7. The van der Waals surface area contributed by atoms with Crippen LogP contribution >= 0.6 is 57.9 Å². The van der Waals surface area contributed by atoms with Crippen molar-refractivity contribution in [2.45, 2.75) is 72.5 Å². The molecule has 0 spiro atoms. The number of aromatic nitrogens is 3. The summed E-state index contributed by atoms with van der Waals surface area (Å²) < 4.78 is 2.90. The third-order valence-electron chi connectivity index (χ3n) is 2.83. The number of halogens is 3. The van der Waals surface area contributed by atoms with E-state index in [0.29, 0.717) is 0 Å². The smallest absolute Gasteiger partial charge is 0.191 e. The highest BCUT2D eigenvalue weighted by atomic mass is 35.5. The van der Waals surface area contributed by atoms with E-state index >= 15 is 0 Å². The van der Waals surface area contributed by atoms with Gasteiger partial charge >= 0.3 is 0 Å². The van der Waals surface area contributed by atoms with Crippen molar-refractivity contribution in [3.63, 3.8) is 0 Å².